The van der Waals surface area contributed by atoms with Gasteiger partial charge in [-0.25, -0.2) is 14.1 Å². The van der Waals surface area contributed by atoms with Crippen molar-refractivity contribution < 1.29 is 18.8 Å². The number of aryl methyl sites for hydroxylation is 1. The summed E-state index contributed by atoms with van der Waals surface area (Å²) in [5, 5.41) is 2.18. The number of amides is 4. The van der Waals surface area contributed by atoms with Crippen molar-refractivity contribution in [3.63, 3.8) is 0 Å². The van der Waals surface area contributed by atoms with Crippen molar-refractivity contribution in [1.82, 2.24) is 9.88 Å². The van der Waals surface area contributed by atoms with E-state index in [4.69, 9.17) is 0 Å². The van der Waals surface area contributed by atoms with Crippen molar-refractivity contribution in [2.75, 3.05) is 4.90 Å². The van der Waals surface area contributed by atoms with E-state index in [0.717, 1.165) is 46.8 Å². The van der Waals surface area contributed by atoms with Crippen molar-refractivity contribution in [1.29, 1.82) is 0 Å². The summed E-state index contributed by atoms with van der Waals surface area (Å²) in [5.41, 5.74) is 2.88. The summed E-state index contributed by atoms with van der Waals surface area (Å²) < 4.78 is 15.4. The minimum absolute atomic E-state index is 0.130. The van der Waals surface area contributed by atoms with Crippen LogP contribution in [0.25, 0.3) is 6.08 Å². The summed E-state index contributed by atoms with van der Waals surface area (Å²) in [6.07, 6.45) is 3.76. The van der Waals surface area contributed by atoms with Crippen LogP contribution in [0.1, 0.15) is 35.8 Å². The van der Waals surface area contributed by atoms with Gasteiger partial charge in [-0.1, -0.05) is 0 Å². The molecule has 2 aliphatic rings. The number of barbiturate groups is 1. The monoisotopic (exact) mass is 367 g/mol. The fraction of sp³-hybridized carbons (Fsp3) is 0.250. The summed E-state index contributed by atoms with van der Waals surface area (Å²) in [5.74, 6) is -1.95. The van der Waals surface area contributed by atoms with Gasteiger partial charge in [0.25, 0.3) is 11.8 Å². The largest absolute Gasteiger partial charge is 0.346 e. The molecule has 1 saturated carbocycles. The molecule has 0 radical (unpaired) electrons. The molecule has 2 fully saturated rings. The van der Waals surface area contributed by atoms with Crippen LogP contribution in [0.3, 0.4) is 0 Å². The Balaban J connectivity index is 1.73. The minimum Gasteiger partial charge on any atom is -0.346 e. The van der Waals surface area contributed by atoms with Crippen LogP contribution < -0.4 is 10.2 Å². The summed E-state index contributed by atoms with van der Waals surface area (Å²) in [4.78, 5) is 38.2. The first-order valence-corrected chi connectivity index (χ1v) is 8.72. The second-order valence-electron chi connectivity index (χ2n) is 6.86. The number of hydrogen-bond acceptors (Lipinski definition) is 3. The molecule has 0 atom stereocenters. The maximum atomic E-state index is 13.2. The molecule has 27 heavy (non-hydrogen) atoms. The standard InChI is InChI=1S/C20H18FN3O3/c1-11-9-13(12(2)23(11)15-7-8-15)10-17-18(25)22-20(27)24(19(17)26)16-5-3-14(21)4-6-16/h3-6,9-10,15H,7-8H2,1-2H3,(H,22,25,27)/b17-10-. The number of imide groups is 2. The molecule has 2 aromatic rings. The molecule has 4 rings (SSSR count). The highest BCUT2D eigenvalue weighted by molar-refractivity contribution is 6.39. The van der Waals surface area contributed by atoms with Crippen LogP contribution in [-0.4, -0.2) is 22.4 Å². The number of carbonyl (C=O) groups is 3. The molecule has 1 saturated heterocycles. The van der Waals surface area contributed by atoms with E-state index in [-0.39, 0.29) is 11.3 Å². The van der Waals surface area contributed by atoms with E-state index in [1.165, 1.54) is 18.2 Å². The second kappa shape index (κ2) is 6.19. The lowest BCUT2D eigenvalue weighted by atomic mass is 10.1. The van der Waals surface area contributed by atoms with Crippen LogP contribution in [0.5, 0.6) is 0 Å². The molecule has 6 nitrogen and oxygen atoms in total. The molecule has 1 N–H and O–H groups in total. The van der Waals surface area contributed by atoms with Crippen LogP contribution in [-0.2, 0) is 9.59 Å². The van der Waals surface area contributed by atoms with E-state index >= 15 is 0 Å². The third-order valence-corrected chi connectivity index (χ3v) is 4.92. The van der Waals surface area contributed by atoms with Gasteiger partial charge >= 0.3 is 6.03 Å². The predicted octanol–water partition coefficient (Wildman–Crippen LogP) is 3.25. The number of benzene rings is 1. The summed E-state index contributed by atoms with van der Waals surface area (Å²) in [6.45, 7) is 3.94. The molecule has 7 heteroatoms. The van der Waals surface area contributed by atoms with E-state index in [2.05, 4.69) is 9.88 Å². The lowest BCUT2D eigenvalue weighted by molar-refractivity contribution is -0.122. The molecule has 1 aromatic carbocycles. The molecule has 4 amide bonds. The number of rotatable bonds is 3. The molecular weight excluding hydrogens is 349 g/mol. The van der Waals surface area contributed by atoms with Crippen LogP contribution in [0.15, 0.2) is 35.9 Å². The molecule has 0 spiro atoms. The Morgan fingerprint density at radius 1 is 1.11 bits per heavy atom. The number of nitrogens with zero attached hydrogens (tertiary/aromatic N) is 2. The zero-order chi connectivity index (χ0) is 19.3. The van der Waals surface area contributed by atoms with Crippen LogP contribution in [0.2, 0.25) is 0 Å². The first kappa shape index (κ1) is 17.2. The van der Waals surface area contributed by atoms with Crippen molar-refractivity contribution in [2.45, 2.75) is 32.7 Å². The highest BCUT2D eigenvalue weighted by atomic mass is 19.1. The van der Waals surface area contributed by atoms with Crippen molar-refractivity contribution in [3.05, 3.63) is 58.7 Å². The minimum atomic E-state index is -0.850. The van der Waals surface area contributed by atoms with Gasteiger partial charge in [-0.3, -0.25) is 14.9 Å². The Kier molecular flexibility index (Phi) is 3.95. The topological polar surface area (TPSA) is 71.4 Å². The summed E-state index contributed by atoms with van der Waals surface area (Å²) in [6, 6.07) is 6.50. The molecule has 0 bridgehead atoms. The molecule has 0 unspecified atom stereocenters. The van der Waals surface area contributed by atoms with Gasteiger partial charge in [0.1, 0.15) is 11.4 Å². The second-order valence-corrected chi connectivity index (χ2v) is 6.86. The maximum absolute atomic E-state index is 13.2. The Morgan fingerprint density at radius 2 is 1.78 bits per heavy atom. The number of urea groups is 1. The van der Waals surface area contributed by atoms with Crippen molar-refractivity contribution in [2.24, 2.45) is 0 Å². The molecule has 1 aliphatic carbocycles. The van der Waals surface area contributed by atoms with Crippen LogP contribution in [0.4, 0.5) is 14.9 Å². The summed E-state index contributed by atoms with van der Waals surface area (Å²) >= 11 is 0. The first-order chi connectivity index (χ1) is 12.9. The normalized spacial score (nSPS) is 19.0. The Hall–Kier alpha value is -3.22. The number of nitrogens with one attached hydrogen (secondary N) is 1. The third-order valence-electron chi connectivity index (χ3n) is 4.92. The van der Waals surface area contributed by atoms with Crippen LogP contribution >= 0.6 is 0 Å². The number of halogens is 1. The van der Waals surface area contributed by atoms with E-state index in [1.807, 2.05) is 19.9 Å². The van der Waals surface area contributed by atoms with E-state index in [1.54, 1.807) is 0 Å². The van der Waals surface area contributed by atoms with Crippen LogP contribution in [0, 0.1) is 19.7 Å². The Morgan fingerprint density at radius 3 is 2.41 bits per heavy atom. The Bertz CT molecular complexity index is 1000. The zero-order valence-corrected chi connectivity index (χ0v) is 15.0. The summed E-state index contributed by atoms with van der Waals surface area (Å²) in [7, 11) is 0. The van der Waals surface area contributed by atoms with Gasteiger partial charge in [0, 0.05) is 17.4 Å². The van der Waals surface area contributed by atoms with Gasteiger partial charge in [-0.05, 0) is 68.7 Å². The Labute approximate surface area is 155 Å². The van der Waals surface area contributed by atoms with Gasteiger partial charge in [-0.15, -0.1) is 0 Å². The molecule has 1 aliphatic heterocycles. The number of aromatic nitrogens is 1. The maximum Gasteiger partial charge on any atom is 0.335 e. The van der Waals surface area contributed by atoms with Gasteiger partial charge in [0.05, 0.1) is 5.69 Å². The number of carbonyl (C=O) groups excluding carboxylic acids is 3. The third kappa shape index (κ3) is 2.95. The van der Waals surface area contributed by atoms with Gasteiger partial charge in [0.2, 0.25) is 0 Å². The predicted molar refractivity (Wildman–Crippen MR) is 97.6 cm³/mol. The first-order valence-electron chi connectivity index (χ1n) is 8.72. The fourth-order valence-electron chi connectivity index (χ4n) is 3.48. The zero-order valence-electron chi connectivity index (χ0n) is 15.0. The quantitative estimate of drug-likeness (QED) is 0.669. The number of hydrogen-bond donors (Lipinski definition) is 1. The van der Waals surface area contributed by atoms with Gasteiger partial charge < -0.3 is 4.57 Å². The molecule has 2 heterocycles. The average molecular weight is 367 g/mol. The molecule has 138 valence electrons. The number of anilines is 1. The van der Waals surface area contributed by atoms with E-state index in [9.17, 15) is 18.8 Å². The van der Waals surface area contributed by atoms with Gasteiger partial charge in [0.15, 0.2) is 0 Å². The highest BCUT2D eigenvalue weighted by Crippen LogP contribution is 2.38. The van der Waals surface area contributed by atoms with Crippen molar-refractivity contribution >= 4 is 29.6 Å². The van der Waals surface area contributed by atoms with Crippen molar-refractivity contribution in [3.8, 4) is 0 Å². The average Bonchev–Trinajstić information content (AvgIpc) is 3.39. The van der Waals surface area contributed by atoms with E-state index in [0.29, 0.717) is 6.04 Å². The lowest BCUT2D eigenvalue weighted by Gasteiger charge is -2.26. The highest BCUT2D eigenvalue weighted by Gasteiger charge is 2.37. The van der Waals surface area contributed by atoms with Gasteiger partial charge in [-0.2, -0.15) is 0 Å². The van der Waals surface area contributed by atoms with E-state index < -0.39 is 23.7 Å². The molecule has 1 aromatic heterocycles. The lowest BCUT2D eigenvalue weighted by Crippen LogP contribution is -2.54. The smallest absolute Gasteiger partial charge is 0.335 e. The molecular formula is C20H18FN3O3. The fourth-order valence-corrected chi connectivity index (χ4v) is 3.48. The SMILES string of the molecule is Cc1cc(/C=C2/C(=O)NC(=O)N(c3ccc(F)cc3)C2=O)c(C)n1C1CC1.